The van der Waals surface area contributed by atoms with Gasteiger partial charge in [0.05, 0.1) is 5.82 Å². The molecule has 0 saturated carbocycles. The molecule has 0 aliphatic rings. The Morgan fingerprint density at radius 3 is 2.21 bits per heavy atom. The van der Waals surface area contributed by atoms with Crippen LogP contribution in [-0.4, -0.2) is 12.6 Å². The molecular weight excluding hydrogens is 238 g/mol. The number of benzene rings is 1. The van der Waals surface area contributed by atoms with Crippen molar-refractivity contribution in [1.29, 1.82) is 0 Å². The van der Waals surface area contributed by atoms with Crippen molar-refractivity contribution in [3.05, 3.63) is 41.7 Å². The number of anilines is 1. The first kappa shape index (κ1) is 15.1. The molecule has 19 heavy (non-hydrogen) atoms. The molecule has 0 spiro atoms. The van der Waals surface area contributed by atoms with Crippen molar-refractivity contribution in [3.8, 4) is 0 Å². The van der Waals surface area contributed by atoms with Crippen molar-refractivity contribution >= 4 is 11.7 Å². The van der Waals surface area contributed by atoms with Gasteiger partial charge in [0.25, 0.3) is 0 Å². The highest BCUT2D eigenvalue weighted by Gasteiger charge is 2.10. The Hall–Kier alpha value is -1.97. The second-order valence-electron chi connectivity index (χ2n) is 4.25. The Morgan fingerprint density at radius 2 is 1.74 bits per heavy atom. The molecule has 104 valence electrons. The molecule has 0 radical (unpaired) electrons. The van der Waals surface area contributed by atoms with E-state index in [0.29, 0.717) is 5.82 Å². The molecule has 0 unspecified atom stereocenters. The van der Waals surface area contributed by atoms with Crippen molar-refractivity contribution in [2.75, 3.05) is 11.9 Å². The van der Waals surface area contributed by atoms with Gasteiger partial charge in [-0.25, -0.2) is 4.79 Å². The average molecular weight is 261 g/mol. The molecule has 0 fully saturated rings. The third-order valence-electron chi connectivity index (χ3n) is 2.89. The molecule has 0 aliphatic carbocycles. The highest BCUT2D eigenvalue weighted by molar-refractivity contribution is 5.92. The fourth-order valence-corrected chi connectivity index (χ4v) is 1.94. The zero-order valence-electron chi connectivity index (χ0n) is 12.0. The maximum absolute atomic E-state index is 11.9. The van der Waals surface area contributed by atoms with Crippen molar-refractivity contribution in [1.82, 2.24) is 10.6 Å². The third kappa shape index (κ3) is 4.32. The summed E-state index contributed by atoms with van der Waals surface area (Å²) in [5.74, 6) is 0.507. The van der Waals surface area contributed by atoms with Gasteiger partial charge < -0.3 is 10.6 Å². The fraction of sp³-hybridized carbons (Fsp3) is 0.400. The van der Waals surface area contributed by atoms with Gasteiger partial charge >= 0.3 is 6.03 Å². The van der Waals surface area contributed by atoms with E-state index in [2.05, 4.69) is 36.4 Å². The summed E-state index contributed by atoms with van der Waals surface area (Å²) < 4.78 is 0. The number of urea groups is 1. The molecule has 0 saturated heterocycles. The van der Waals surface area contributed by atoms with Gasteiger partial charge in [0.15, 0.2) is 0 Å². The second kappa shape index (κ2) is 7.46. The quantitative estimate of drug-likeness (QED) is 0.737. The van der Waals surface area contributed by atoms with Crippen molar-refractivity contribution in [2.24, 2.45) is 0 Å². The van der Waals surface area contributed by atoms with Gasteiger partial charge in [-0.3, -0.25) is 5.32 Å². The van der Waals surface area contributed by atoms with E-state index >= 15 is 0 Å². The lowest BCUT2D eigenvalue weighted by atomic mass is 10.0. The molecule has 4 nitrogen and oxygen atoms in total. The van der Waals surface area contributed by atoms with E-state index in [4.69, 9.17) is 0 Å². The largest absolute Gasteiger partial charge is 0.372 e. The first-order chi connectivity index (χ1) is 9.12. The van der Waals surface area contributed by atoms with Crippen molar-refractivity contribution in [2.45, 2.75) is 33.6 Å². The Labute approximate surface area is 115 Å². The Balaban J connectivity index is 2.80. The maximum Gasteiger partial charge on any atom is 0.324 e. The third-order valence-corrected chi connectivity index (χ3v) is 2.89. The highest BCUT2D eigenvalue weighted by Crippen LogP contribution is 2.22. The molecular formula is C15H23N3O. The summed E-state index contributed by atoms with van der Waals surface area (Å²) in [5.41, 5.74) is 3.20. The Morgan fingerprint density at radius 1 is 1.16 bits per heavy atom. The minimum atomic E-state index is -0.262. The van der Waals surface area contributed by atoms with Crippen LogP contribution in [0.2, 0.25) is 0 Å². The van der Waals surface area contributed by atoms with E-state index in [-0.39, 0.29) is 6.03 Å². The van der Waals surface area contributed by atoms with Crippen LogP contribution < -0.4 is 16.0 Å². The smallest absolute Gasteiger partial charge is 0.324 e. The van der Waals surface area contributed by atoms with Crippen LogP contribution in [0, 0.1) is 0 Å². The number of rotatable bonds is 6. The summed E-state index contributed by atoms with van der Waals surface area (Å²) >= 11 is 0. The van der Waals surface area contributed by atoms with Crippen LogP contribution in [0.1, 0.15) is 31.9 Å². The molecule has 0 atom stereocenters. The number of nitrogens with one attached hydrogen (secondary N) is 3. The molecule has 0 bridgehead atoms. The van der Waals surface area contributed by atoms with Crippen LogP contribution in [0.5, 0.6) is 0 Å². The van der Waals surface area contributed by atoms with Gasteiger partial charge in [-0.05, 0) is 30.9 Å². The molecule has 0 heterocycles. The highest BCUT2D eigenvalue weighted by atomic mass is 16.2. The average Bonchev–Trinajstić information content (AvgIpc) is 2.39. The second-order valence-corrected chi connectivity index (χ2v) is 4.25. The number of hydrogen-bond donors (Lipinski definition) is 3. The van der Waals surface area contributed by atoms with Crippen LogP contribution >= 0.6 is 0 Å². The number of amides is 2. The summed E-state index contributed by atoms with van der Waals surface area (Å²) in [6.07, 6.45) is 1.77. The zero-order chi connectivity index (χ0) is 14.3. The fourth-order valence-electron chi connectivity index (χ4n) is 1.94. The van der Waals surface area contributed by atoms with E-state index in [0.717, 1.165) is 36.2 Å². The van der Waals surface area contributed by atoms with E-state index in [1.54, 1.807) is 0 Å². The van der Waals surface area contributed by atoms with E-state index < -0.39 is 0 Å². The normalized spacial score (nSPS) is 9.84. The zero-order valence-corrected chi connectivity index (χ0v) is 12.0. The summed E-state index contributed by atoms with van der Waals surface area (Å²) in [5, 5.41) is 8.55. The minimum Gasteiger partial charge on any atom is -0.372 e. The van der Waals surface area contributed by atoms with Gasteiger partial charge in [0.1, 0.15) is 0 Å². The van der Waals surface area contributed by atoms with Gasteiger partial charge in [0, 0.05) is 12.2 Å². The predicted molar refractivity (Wildman–Crippen MR) is 80.2 cm³/mol. The summed E-state index contributed by atoms with van der Waals surface area (Å²) in [4.78, 5) is 11.9. The predicted octanol–water partition coefficient (Wildman–Crippen LogP) is 3.01. The molecule has 0 aromatic heterocycles. The standard InChI is InChI=1S/C15H23N3O/c1-5-12-9-8-10-13(6-2)14(12)18-15(19)17-11(4)16-7-3/h8-10,16H,4-7H2,1-3H3,(H2,17,18,19). The van der Waals surface area contributed by atoms with Gasteiger partial charge in [-0.2, -0.15) is 0 Å². The molecule has 2 amide bonds. The molecule has 1 rings (SSSR count). The molecule has 4 heteroatoms. The maximum atomic E-state index is 11.9. The minimum absolute atomic E-state index is 0.262. The summed E-state index contributed by atoms with van der Waals surface area (Å²) in [6, 6.07) is 5.83. The van der Waals surface area contributed by atoms with Gasteiger partial charge in [-0.1, -0.05) is 38.6 Å². The Kier molecular flexibility index (Phi) is 5.93. The first-order valence-electron chi connectivity index (χ1n) is 6.73. The number of hydrogen-bond acceptors (Lipinski definition) is 2. The van der Waals surface area contributed by atoms with Gasteiger partial charge in [-0.15, -0.1) is 0 Å². The molecule has 3 N–H and O–H groups in total. The van der Waals surface area contributed by atoms with Crippen LogP contribution in [0.4, 0.5) is 10.5 Å². The van der Waals surface area contributed by atoms with Crippen LogP contribution in [0.3, 0.4) is 0 Å². The molecule has 0 aliphatic heterocycles. The number of carbonyl (C=O) groups excluding carboxylic acids is 1. The van der Waals surface area contributed by atoms with Crippen LogP contribution in [0.15, 0.2) is 30.6 Å². The lowest BCUT2D eigenvalue weighted by Gasteiger charge is -2.16. The lowest BCUT2D eigenvalue weighted by Crippen LogP contribution is -2.34. The van der Waals surface area contributed by atoms with Gasteiger partial charge in [0.2, 0.25) is 0 Å². The number of carbonyl (C=O) groups is 1. The summed E-state index contributed by atoms with van der Waals surface area (Å²) in [7, 11) is 0. The van der Waals surface area contributed by atoms with Crippen LogP contribution in [-0.2, 0) is 12.8 Å². The molecule has 1 aromatic carbocycles. The number of aryl methyl sites for hydroxylation is 2. The van der Waals surface area contributed by atoms with E-state index in [9.17, 15) is 4.79 Å². The lowest BCUT2D eigenvalue weighted by molar-refractivity contribution is 0.253. The monoisotopic (exact) mass is 261 g/mol. The van der Waals surface area contributed by atoms with Crippen LogP contribution in [0.25, 0.3) is 0 Å². The Bertz CT molecular complexity index is 432. The SMILES string of the molecule is C=C(NCC)NC(=O)Nc1c(CC)cccc1CC. The topological polar surface area (TPSA) is 53.2 Å². The van der Waals surface area contributed by atoms with E-state index in [1.807, 2.05) is 25.1 Å². The first-order valence-corrected chi connectivity index (χ1v) is 6.73. The summed E-state index contributed by atoms with van der Waals surface area (Å²) in [6.45, 7) is 10.6. The van der Waals surface area contributed by atoms with E-state index in [1.165, 1.54) is 0 Å². The number of para-hydroxylation sites is 1. The van der Waals surface area contributed by atoms with Crippen molar-refractivity contribution in [3.63, 3.8) is 0 Å². The van der Waals surface area contributed by atoms with Crippen molar-refractivity contribution < 1.29 is 4.79 Å². The molecule has 1 aromatic rings.